The Kier molecular flexibility index (Phi) is 3.87. The number of benzene rings is 1. The average molecular weight is 382 g/mol. The molecule has 0 atom stereocenters. The summed E-state index contributed by atoms with van der Waals surface area (Å²) >= 11 is 0. The van der Waals surface area contributed by atoms with Crippen molar-refractivity contribution in [3.05, 3.63) is 82.9 Å². The van der Waals surface area contributed by atoms with Gasteiger partial charge in [0.15, 0.2) is 5.82 Å². The minimum absolute atomic E-state index is 0.250. The molecule has 1 aromatic carbocycles. The largest absolute Gasteiger partial charge is 0.307 e. The lowest BCUT2D eigenvalue weighted by Gasteiger charge is -2.09. The number of hydrogen-bond donors (Lipinski definition) is 3. The first kappa shape index (κ1) is 16.8. The first-order valence-corrected chi connectivity index (χ1v) is 8.88. The van der Waals surface area contributed by atoms with E-state index < -0.39 is 0 Å². The van der Waals surface area contributed by atoms with Crippen LogP contribution in [0.2, 0.25) is 0 Å². The first-order chi connectivity index (χ1) is 14.2. The maximum Gasteiger partial charge on any atom is 0.257 e. The van der Waals surface area contributed by atoms with Crippen LogP contribution < -0.4 is 10.9 Å². The average Bonchev–Trinajstić information content (AvgIpc) is 3.15. The van der Waals surface area contributed by atoms with Crippen LogP contribution in [0.5, 0.6) is 0 Å². The lowest BCUT2D eigenvalue weighted by Crippen LogP contribution is -2.13. The summed E-state index contributed by atoms with van der Waals surface area (Å²) in [5, 5.41) is 11.0. The third-order valence-electron chi connectivity index (χ3n) is 4.60. The molecule has 0 spiro atoms. The van der Waals surface area contributed by atoms with Gasteiger partial charge in [0.05, 0.1) is 22.2 Å². The highest BCUT2D eigenvalue weighted by atomic mass is 16.1. The molecule has 0 aliphatic carbocycles. The van der Waals surface area contributed by atoms with Crippen LogP contribution in [0, 0.1) is 0 Å². The Bertz CT molecular complexity index is 1420. The summed E-state index contributed by atoms with van der Waals surface area (Å²) in [6, 6.07) is 15.9. The summed E-state index contributed by atoms with van der Waals surface area (Å²) < 4.78 is 0. The van der Waals surface area contributed by atoms with Crippen molar-refractivity contribution in [2.75, 3.05) is 5.32 Å². The molecule has 0 saturated heterocycles. The zero-order valence-corrected chi connectivity index (χ0v) is 15.0. The molecule has 0 aliphatic heterocycles. The van der Waals surface area contributed by atoms with Crippen molar-refractivity contribution in [2.24, 2.45) is 0 Å². The number of carbonyl (C=O) groups is 1. The molecule has 4 aromatic heterocycles. The summed E-state index contributed by atoms with van der Waals surface area (Å²) in [5.41, 5.74) is 2.84. The molecule has 0 radical (unpaired) electrons. The number of nitrogens with one attached hydrogen (secondary N) is 3. The van der Waals surface area contributed by atoms with E-state index >= 15 is 0 Å². The number of carbonyl (C=O) groups excluding carboxylic acids is 1. The molecule has 0 bridgehead atoms. The Hall–Kier alpha value is -4.33. The molecule has 0 saturated carbocycles. The molecular weight excluding hydrogens is 368 g/mol. The highest BCUT2D eigenvalue weighted by molar-refractivity contribution is 6.14. The molecule has 1 amide bonds. The van der Waals surface area contributed by atoms with Gasteiger partial charge in [0.1, 0.15) is 5.65 Å². The van der Waals surface area contributed by atoms with Crippen molar-refractivity contribution >= 4 is 33.7 Å². The maximum absolute atomic E-state index is 13.1. The summed E-state index contributed by atoms with van der Waals surface area (Å²) in [6.07, 6.45) is 3.39. The SMILES string of the molecule is O=C(Nc1n[nH]c2[nH]c(=O)ccc12)c1cc(-c2cccnc2)nc2ccccc12. The van der Waals surface area contributed by atoms with E-state index in [1.807, 2.05) is 36.4 Å². The number of aromatic amines is 2. The molecule has 29 heavy (non-hydrogen) atoms. The number of fused-ring (bicyclic) bond motifs is 2. The van der Waals surface area contributed by atoms with Crippen LogP contribution in [0.25, 0.3) is 33.2 Å². The molecule has 0 unspecified atom stereocenters. The number of pyridine rings is 3. The molecule has 0 aliphatic rings. The van der Waals surface area contributed by atoms with Crippen molar-refractivity contribution in [3.8, 4) is 11.3 Å². The fraction of sp³-hybridized carbons (Fsp3) is 0. The minimum Gasteiger partial charge on any atom is -0.307 e. The Morgan fingerprint density at radius 3 is 2.76 bits per heavy atom. The fourth-order valence-electron chi connectivity index (χ4n) is 3.23. The topological polar surface area (TPSA) is 116 Å². The van der Waals surface area contributed by atoms with Crippen LogP contribution in [-0.2, 0) is 0 Å². The Morgan fingerprint density at radius 2 is 1.90 bits per heavy atom. The van der Waals surface area contributed by atoms with E-state index in [1.54, 1.807) is 24.5 Å². The van der Waals surface area contributed by atoms with Crippen molar-refractivity contribution in [3.63, 3.8) is 0 Å². The highest BCUT2D eigenvalue weighted by Gasteiger charge is 2.16. The van der Waals surface area contributed by atoms with Gasteiger partial charge < -0.3 is 10.3 Å². The molecule has 0 fully saturated rings. The first-order valence-electron chi connectivity index (χ1n) is 8.88. The number of para-hydroxylation sites is 1. The van der Waals surface area contributed by atoms with Crippen LogP contribution in [0.1, 0.15) is 10.4 Å². The zero-order chi connectivity index (χ0) is 19.8. The third-order valence-corrected chi connectivity index (χ3v) is 4.60. The van der Waals surface area contributed by atoms with Gasteiger partial charge in [-0.3, -0.25) is 19.7 Å². The van der Waals surface area contributed by atoms with Crippen LogP contribution in [-0.4, -0.2) is 31.1 Å². The number of aromatic nitrogens is 5. The monoisotopic (exact) mass is 382 g/mol. The summed E-state index contributed by atoms with van der Waals surface area (Å²) in [6.45, 7) is 0. The van der Waals surface area contributed by atoms with Gasteiger partial charge in [-0.2, -0.15) is 5.10 Å². The number of amides is 1. The zero-order valence-electron chi connectivity index (χ0n) is 15.0. The number of nitrogens with zero attached hydrogens (tertiary/aromatic N) is 3. The quantitative estimate of drug-likeness (QED) is 0.443. The van der Waals surface area contributed by atoms with E-state index in [4.69, 9.17) is 0 Å². The second kappa shape index (κ2) is 6.68. The molecule has 3 N–H and O–H groups in total. The normalized spacial score (nSPS) is 11.0. The van der Waals surface area contributed by atoms with Crippen LogP contribution in [0.3, 0.4) is 0 Å². The van der Waals surface area contributed by atoms with Gasteiger partial charge in [-0.15, -0.1) is 0 Å². The smallest absolute Gasteiger partial charge is 0.257 e. The van der Waals surface area contributed by atoms with Gasteiger partial charge >= 0.3 is 0 Å². The predicted molar refractivity (Wildman–Crippen MR) is 110 cm³/mol. The number of anilines is 1. The molecule has 4 heterocycles. The summed E-state index contributed by atoms with van der Waals surface area (Å²) in [4.78, 5) is 36.0. The molecule has 8 heteroatoms. The third kappa shape index (κ3) is 3.02. The lowest BCUT2D eigenvalue weighted by atomic mass is 10.0. The van der Waals surface area contributed by atoms with Gasteiger partial charge in [0.2, 0.25) is 5.56 Å². The number of rotatable bonds is 3. The van der Waals surface area contributed by atoms with Gasteiger partial charge in [-0.25, -0.2) is 4.98 Å². The van der Waals surface area contributed by atoms with E-state index in [9.17, 15) is 9.59 Å². The second-order valence-corrected chi connectivity index (χ2v) is 6.45. The van der Waals surface area contributed by atoms with E-state index in [0.717, 1.165) is 10.9 Å². The van der Waals surface area contributed by atoms with Crippen molar-refractivity contribution in [1.29, 1.82) is 0 Å². The molecule has 5 aromatic rings. The van der Waals surface area contributed by atoms with Crippen LogP contribution in [0.4, 0.5) is 5.82 Å². The van der Waals surface area contributed by atoms with Crippen molar-refractivity contribution in [1.82, 2.24) is 25.1 Å². The Balaban J connectivity index is 1.61. The van der Waals surface area contributed by atoms with Gasteiger partial charge in [0, 0.05) is 29.4 Å². The molecule has 5 rings (SSSR count). The Labute approximate surface area is 163 Å². The molecule has 8 nitrogen and oxygen atoms in total. The van der Waals surface area contributed by atoms with E-state index in [0.29, 0.717) is 33.6 Å². The Morgan fingerprint density at radius 1 is 1.00 bits per heavy atom. The molecular formula is C21H14N6O2. The van der Waals surface area contributed by atoms with E-state index in [2.05, 4.69) is 30.5 Å². The van der Waals surface area contributed by atoms with Gasteiger partial charge in [-0.05, 0) is 30.3 Å². The molecule has 140 valence electrons. The predicted octanol–water partition coefficient (Wildman–Crippen LogP) is 3.11. The number of hydrogen-bond acceptors (Lipinski definition) is 5. The maximum atomic E-state index is 13.1. The van der Waals surface area contributed by atoms with Crippen LogP contribution >= 0.6 is 0 Å². The summed E-state index contributed by atoms with van der Waals surface area (Å²) in [5.74, 6) is 0.0124. The fourth-order valence-corrected chi connectivity index (χ4v) is 3.23. The van der Waals surface area contributed by atoms with Crippen molar-refractivity contribution < 1.29 is 4.79 Å². The van der Waals surface area contributed by atoms with E-state index in [-0.39, 0.29) is 11.5 Å². The second-order valence-electron chi connectivity index (χ2n) is 6.45. The van der Waals surface area contributed by atoms with Gasteiger partial charge in [0.25, 0.3) is 5.91 Å². The van der Waals surface area contributed by atoms with Crippen LogP contribution in [0.15, 0.2) is 71.8 Å². The number of H-pyrrole nitrogens is 2. The van der Waals surface area contributed by atoms with E-state index in [1.165, 1.54) is 6.07 Å². The lowest BCUT2D eigenvalue weighted by molar-refractivity contribution is 0.102. The standard InChI is InChI=1S/C21H14N6O2/c28-18-8-7-14-19(24-18)26-27-20(14)25-21(29)15-10-17(12-4-3-9-22-11-12)23-16-6-2-1-5-13(15)16/h1-11H,(H3,24,25,26,27,28,29). The minimum atomic E-state index is -0.326. The summed E-state index contributed by atoms with van der Waals surface area (Å²) in [7, 11) is 0. The van der Waals surface area contributed by atoms with Gasteiger partial charge in [-0.1, -0.05) is 18.2 Å². The van der Waals surface area contributed by atoms with Crippen molar-refractivity contribution in [2.45, 2.75) is 0 Å². The highest BCUT2D eigenvalue weighted by Crippen LogP contribution is 2.26.